The normalized spacial score (nSPS) is 15.1. The van der Waals surface area contributed by atoms with Gasteiger partial charge in [0.2, 0.25) is 0 Å². The molecule has 0 aromatic heterocycles. The van der Waals surface area contributed by atoms with Crippen molar-refractivity contribution in [1.82, 2.24) is 10.6 Å². The fraction of sp³-hybridized carbons (Fsp3) is 0.650. The molecule has 1 aromatic carbocycles. The summed E-state index contributed by atoms with van der Waals surface area (Å²) >= 11 is 0. The van der Waals surface area contributed by atoms with Gasteiger partial charge in [0.15, 0.2) is 5.96 Å². The van der Waals surface area contributed by atoms with Crippen molar-refractivity contribution in [3.05, 3.63) is 30.3 Å². The van der Waals surface area contributed by atoms with E-state index in [0.29, 0.717) is 12.0 Å². The molecule has 0 atom stereocenters. The van der Waals surface area contributed by atoms with Crippen molar-refractivity contribution < 1.29 is 9.47 Å². The summed E-state index contributed by atoms with van der Waals surface area (Å²) < 4.78 is 11.2. The summed E-state index contributed by atoms with van der Waals surface area (Å²) in [5.41, 5.74) is 0.383. The van der Waals surface area contributed by atoms with Gasteiger partial charge in [0.1, 0.15) is 5.75 Å². The van der Waals surface area contributed by atoms with Crippen LogP contribution in [0.25, 0.3) is 0 Å². The molecule has 0 aliphatic heterocycles. The number of hydrogen-bond acceptors (Lipinski definition) is 3. The van der Waals surface area contributed by atoms with Crippen LogP contribution in [0, 0.1) is 5.41 Å². The van der Waals surface area contributed by atoms with E-state index < -0.39 is 0 Å². The quantitative estimate of drug-likeness (QED) is 0.209. The summed E-state index contributed by atoms with van der Waals surface area (Å²) in [6.45, 7) is 9.11. The number of rotatable bonds is 12. The van der Waals surface area contributed by atoms with Gasteiger partial charge in [0.05, 0.1) is 6.61 Å². The Morgan fingerprint density at radius 3 is 2.54 bits per heavy atom. The van der Waals surface area contributed by atoms with Gasteiger partial charge in [-0.1, -0.05) is 18.2 Å². The molecule has 5 nitrogen and oxygen atoms in total. The first-order valence-electron chi connectivity index (χ1n) is 9.56. The predicted molar refractivity (Wildman–Crippen MR) is 119 cm³/mol. The molecule has 1 aliphatic rings. The van der Waals surface area contributed by atoms with Crippen LogP contribution >= 0.6 is 24.0 Å². The van der Waals surface area contributed by atoms with E-state index in [1.54, 1.807) is 0 Å². The number of aliphatic imine (C=N–C) groups is 1. The smallest absolute Gasteiger partial charge is 0.191 e. The Balaban J connectivity index is 0.00000338. The van der Waals surface area contributed by atoms with E-state index in [-0.39, 0.29) is 24.0 Å². The van der Waals surface area contributed by atoms with Crippen molar-refractivity contribution in [3.8, 4) is 5.75 Å². The second-order valence-electron chi connectivity index (χ2n) is 6.58. The minimum absolute atomic E-state index is 0. The molecule has 1 aromatic rings. The van der Waals surface area contributed by atoms with Crippen LogP contribution in [0.15, 0.2) is 35.3 Å². The van der Waals surface area contributed by atoms with E-state index in [0.717, 1.165) is 57.4 Å². The molecular formula is C20H34IN3O2. The first-order chi connectivity index (χ1) is 12.3. The van der Waals surface area contributed by atoms with Gasteiger partial charge in [-0.05, 0) is 57.1 Å². The van der Waals surface area contributed by atoms with Crippen LogP contribution in [0.4, 0.5) is 0 Å². The van der Waals surface area contributed by atoms with Gasteiger partial charge in [-0.3, -0.25) is 4.99 Å². The third-order valence-corrected chi connectivity index (χ3v) is 4.48. The number of hydrogen-bond donors (Lipinski definition) is 2. The molecule has 0 unspecified atom stereocenters. The van der Waals surface area contributed by atoms with Crippen molar-refractivity contribution in [1.29, 1.82) is 0 Å². The molecule has 26 heavy (non-hydrogen) atoms. The second-order valence-corrected chi connectivity index (χ2v) is 6.58. The standard InChI is InChI=1S/C20H33N3O2.HI/c1-3-21-19(23-17-20(11-12-20)13-16-24-4-2)22-14-8-15-25-18-9-6-5-7-10-18;/h5-7,9-10H,3-4,8,11-17H2,1-2H3,(H2,21,22,23);1H. The largest absolute Gasteiger partial charge is 0.494 e. The SMILES string of the molecule is CCNC(=NCC1(CCOCC)CC1)NCCCOc1ccccc1.I. The van der Waals surface area contributed by atoms with Gasteiger partial charge < -0.3 is 20.1 Å². The number of nitrogens with zero attached hydrogens (tertiary/aromatic N) is 1. The van der Waals surface area contributed by atoms with Crippen molar-refractivity contribution in [2.24, 2.45) is 10.4 Å². The first-order valence-corrected chi connectivity index (χ1v) is 9.56. The van der Waals surface area contributed by atoms with Gasteiger partial charge in [0.25, 0.3) is 0 Å². The molecule has 0 radical (unpaired) electrons. The minimum atomic E-state index is 0. The average molecular weight is 475 g/mol. The maximum Gasteiger partial charge on any atom is 0.191 e. The number of guanidine groups is 1. The molecule has 148 valence electrons. The monoisotopic (exact) mass is 475 g/mol. The van der Waals surface area contributed by atoms with Gasteiger partial charge >= 0.3 is 0 Å². The van der Waals surface area contributed by atoms with Crippen LogP contribution in [0.2, 0.25) is 0 Å². The number of benzene rings is 1. The molecule has 0 saturated heterocycles. The fourth-order valence-electron chi connectivity index (χ4n) is 2.67. The number of ether oxygens (including phenoxy) is 2. The van der Waals surface area contributed by atoms with Crippen molar-refractivity contribution in [2.75, 3.05) is 39.5 Å². The third-order valence-electron chi connectivity index (χ3n) is 4.48. The molecule has 0 amide bonds. The van der Waals surface area contributed by atoms with E-state index in [9.17, 15) is 0 Å². The lowest BCUT2D eigenvalue weighted by Gasteiger charge is -2.15. The predicted octanol–water partition coefficient (Wildman–Crippen LogP) is 3.84. The van der Waals surface area contributed by atoms with E-state index in [1.165, 1.54) is 12.8 Å². The Hall–Kier alpha value is -1.02. The lowest BCUT2D eigenvalue weighted by atomic mass is 10.0. The lowest BCUT2D eigenvalue weighted by Crippen LogP contribution is -2.38. The maximum absolute atomic E-state index is 5.71. The lowest BCUT2D eigenvalue weighted by molar-refractivity contribution is 0.129. The molecule has 1 saturated carbocycles. The van der Waals surface area contributed by atoms with Crippen LogP contribution < -0.4 is 15.4 Å². The highest BCUT2D eigenvalue weighted by atomic mass is 127. The highest BCUT2D eigenvalue weighted by molar-refractivity contribution is 14.0. The summed E-state index contributed by atoms with van der Waals surface area (Å²) in [6.07, 6.45) is 4.60. The Labute approximate surface area is 175 Å². The molecule has 6 heteroatoms. The van der Waals surface area contributed by atoms with Crippen LogP contribution in [0.5, 0.6) is 5.75 Å². The highest BCUT2D eigenvalue weighted by Crippen LogP contribution is 2.48. The molecule has 0 bridgehead atoms. The van der Waals surface area contributed by atoms with E-state index in [1.807, 2.05) is 37.3 Å². The molecule has 0 heterocycles. The van der Waals surface area contributed by atoms with E-state index in [2.05, 4.69) is 17.6 Å². The Kier molecular flexibility index (Phi) is 11.7. The summed E-state index contributed by atoms with van der Waals surface area (Å²) in [4.78, 5) is 4.78. The van der Waals surface area contributed by atoms with Crippen LogP contribution in [-0.4, -0.2) is 45.4 Å². The number of nitrogens with one attached hydrogen (secondary N) is 2. The fourth-order valence-corrected chi connectivity index (χ4v) is 2.67. The van der Waals surface area contributed by atoms with Gasteiger partial charge in [-0.25, -0.2) is 0 Å². The molecule has 1 aliphatic carbocycles. The van der Waals surface area contributed by atoms with Gasteiger partial charge in [-0.2, -0.15) is 0 Å². The Bertz CT molecular complexity index is 507. The second kappa shape index (κ2) is 13.2. The van der Waals surface area contributed by atoms with E-state index in [4.69, 9.17) is 14.5 Å². The summed E-state index contributed by atoms with van der Waals surface area (Å²) in [6, 6.07) is 9.94. The zero-order valence-corrected chi connectivity index (χ0v) is 18.5. The van der Waals surface area contributed by atoms with Crippen molar-refractivity contribution >= 4 is 29.9 Å². The van der Waals surface area contributed by atoms with Crippen molar-refractivity contribution in [2.45, 2.75) is 39.5 Å². The summed E-state index contributed by atoms with van der Waals surface area (Å²) in [5, 5.41) is 6.73. The molecule has 2 rings (SSSR count). The maximum atomic E-state index is 5.71. The minimum Gasteiger partial charge on any atom is -0.494 e. The highest BCUT2D eigenvalue weighted by Gasteiger charge is 2.41. The number of halogens is 1. The molecule has 0 spiro atoms. The van der Waals surface area contributed by atoms with Crippen molar-refractivity contribution in [3.63, 3.8) is 0 Å². The van der Waals surface area contributed by atoms with Crippen LogP contribution in [0.3, 0.4) is 0 Å². The van der Waals surface area contributed by atoms with Crippen LogP contribution in [-0.2, 0) is 4.74 Å². The number of para-hydroxylation sites is 1. The third kappa shape index (κ3) is 9.07. The van der Waals surface area contributed by atoms with E-state index >= 15 is 0 Å². The summed E-state index contributed by atoms with van der Waals surface area (Å²) in [7, 11) is 0. The van der Waals surface area contributed by atoms with Gasteiger partial charge in [0, 0.05) is 32.8 Å². The van der Waals surface area contributed by atoms with Crippen LogP contribution in [0.1, 0.15) is 39.5 Å². The Morgan fingerprint density at radius 1 is 1.12 bits per heavy atom. The zero-order chi connectivity index (χ0) is 17.8. The zero-order valence-electron chi connectivity index (χ0n) is 16.1. The molecular weight excluding hydrogens is 441 g/mol. The Morgan fingerprint density at radius 2 is 1.88 bits per heavy atom. The average Bonchev–Trinajstić information content (AvgIpc) is 3.40. The topological polar surface area (TPSA) is 54.9 Å². The molecule has 2 N–H and O–H groups in total. The molecule has 1 fully saturated rings. The summed E-state index contributed by atoms with van der Waals surface area (Å²) in [5.74, 6) is 1.83. The van der Waals surface area contributed by atoms with Gasteiger partial charge in [-0.15, -0.1) is 24.0 Å². The first kappa shape index (κ1) is 23.0.